The van der Waals surface area contributed by atoms with Gasteiger partial charge in [-0.3, -0.25) is 4.79 Å². The summed E-state index contributed by atoms with van der Waals surface area (Å²) in [6, 6.07) is 16.1. The number of hydrogen-bond acceptors (Lipinski definition) is 2. The number of hydrogen-bond donors (Lipinski definition) is 1. The summed E-state index contributed by atoms with van der Waals surface area (Å²) in [5.41, 5.74) is 4.19. The zero-order valence-electron chi connectivity index (χ0n) is 14.0. The Balaban J connectivity index is 1.80. The maximum atomic E-state index is 13.2. The molecule has 3 aromatic rings. The topological polar surface area (TPSA) is 34.0 Å². The fourth-order valence-electron chi connectivity index (χ4n) is 2.90. The van der Waals surface area contributed by atoms with Crippen LogP contribution in [0.3, 0.4) is 0 Å². The largest absolute Gasteiger partial charge is 0.378 e. The highest BCUT2D eigenvalue weighted by molar-refractivity contribution is 6.31. The number of rotatable bonds is 5. The van der Waals surface area contributed by atoms with Crippen LogP contribution in [0.5, 0.6) is 0 Å². The van der Waals surface area contributed by atoms with Crippen molar-refractivity contribution in [3.8, 4) is 5.69 Å². The van der Waals surface area contributed by atoms with Crippen molar-refractivity contribution in [3.05, 3.63) is 82.4 Å². The number of carbonyl (C=O) groups excluding carboxylic acids is 1. The summed E-state index contributed by atoms with van der Waals surface area (Å²) in [6.45, 7) is 4.02. The fourth-order valence-corrected chi connectivity index (χ4v) is 3.08. The average molecular weight is 357 g/mol. The van der Waals surface area contributed by atoms with Gasteiger partial charge in [0.2, 0.25) is 0 Å². The van der Waals surface area contributed by atoms with E-state index in [1.54, 1.807) is 6.07 Å². The first kappa shape index (κ1) is 17.2. The first-order chi connectivity index (χ1) is 12.0. The third-order valence-electron chi connectivity index (χ3n) is 4.12. The maximum absolute atomic E-state index is 13.2. The molecule has 25 heavy (non-hydrogen) atoms. The minimum absolute atomic E-state index is 0.0275. The van der Waals surface area contributed by atoms with Gasteiger partial charge in [-0.15, -0.1) is 0 Å². The van der Waals surface area contributed by atoms with E-state index in [2.05, 4.69) is 9.88 Å². The van der Waals surface area contributed by atoms with E-state index in [0.29, 0.717) is 11.3 Å². The van der Waals surface area contributed by atoms with Gasteiger partial charge in [0.15, 0.2) is 5.78 Å². The number of halogens is 2. The van der Waals surface area contributed by atoms with Crippen molar-refractivity contribution in [2.75, 3.05) is 11.9 Å². The van der Waals surface area contributed by atoms with Crippen LogP contribution in [0, 0.1) is 19.7 Å². The third-order valence-corrected chi connectivity index (χ3v) is 4.41. The van der Waals surface area contributed by atoms with Crippen LogP contribution in [0.25, 0.3) is 5.69 Å². The van der Waals surface area contributed by atoms with Crippen molar-refractivity contribution < 1.29 is 9.18 Å². The Morgan fingerprint density at radius 1 is 1.12 bits per heavy atom. The smallest absolute Gasteiger partial charge is 0.183 e. The molecule has 0 amide bonds. The van der Waals surface area contributed by atoms with Crippen LogP contribution >= 0.6 is 11.6 Å². The van der Waals surface area contributed by atoms with Crippen molar-refractivity contribution in [3.63, 3.8) is 0 Å². The van der Waals surface area contributed by atoms with E-state index in [9.17, 15) is 9.18 Å². The van der Waals surface area contributed by atoms with Crippen LogP contribution in [0.2, 0.25) is 5.02 Å². The number of aromatic nitrogens is 1. The summed E-state index contributed by atoms with van der Waals surface area (Å²) in [7, 11) is 0. The minimum Gasteiger partial charge on any atom is -0.378 e. The first-order valence-corrected chi connectivity index (χ1v) is 8.31. The van der Waals surface area contributed by atoms with Gasteiger partial charge in [0.25, 0.3) is 0 Å². The average Bonchev–Trinajstić information content (AvgIpc) is 2.91. The van der Waals surface area contributed by atoms with Crippen LogP contribution in [-0.2, 0) is 0 Å². The molecule has 3 rings (SSSR count). The highest BCUT2D eigenvalue weighted by atomic mass is 35.5. The molecule has 1 aromatic heterocycles. The molecule has 0 atom stereocenters. The van der Waals surface area contributed by atoms with Crippen molar-refractivity contribution in [2.24, 2.45) is 0 Å². The number of carbonyl (C=O) groups is 1. The molecule has 0 aliphatic heterocycles. The third kappa shape index (κ3) is 3.59. The first-order valence-electron chi connectivity index (χ1n) is 7.94. The number of aryl methyl sites for hydroxylation is 1. The summed E-state index contributed by atoms with van der Waals surface area (Å²) >= 11 is 5.76. The molecule has 0 aliphatic rings. The Hall–Kier alpha value is -2.59. The Bertz CT molecular complexity index is 919. The van der Waals surface area contributed by atoms with E-state index >= 15 is 0 Å². The number of ketones is 1. The Morgan fingerprint density at radius 2 is 1.84 bits per heavy atom. The molecule has 0 aliphatic carbocycles. The van der Waals surface area contributed by atoms with Gasteiger partial charge in [0.05, 0.1) is 11.6 Å². The van der Waals surface area contributed by atoms with Gasteiger partial charge in [-0.05, 0) is 50.2 Å². The zero-order valence-corrected chi connectivity index (χ0v) is 14.8. The number of Topliss-reactive ketones (excluding diaryl/α,β-unsaturated/α-hetero) is 1. The van der Waals surface area contributed by atoms with Gasteiger partial charge in [-0.2, -0.15) is 0 Å². The number of nitrogens with zero attached hydrogens (tertiary/aromatic N) is 1. The van der Waals surface area contributed by atoms with Gasteiger partial charge in [0, 0.05) is 28.3 Å². The van der Waals surface area contributed by atoms with E-state index in [4.69, 9.17) is 11.6 Å². The van der Waals surface area contributed by atoms with Gasteiger partial charge in [-0.25, -0.2) is 4.39 Å². The Morgan fingerprint density at radius 3 is 2.52 bits per heavy atom. The standard InChI is InChI=1S/C20H18ClFN2O/c1-13-10-17(14(2)24(13)16-6-4-3-5-7-16)20(25)12-23-15-8-9-19(22)18(21)11-15/h3-11,23H,12H2,1-2H3. The monoisotopic (exact) mass is 356 g/mol. The fraction of sp³-hybridized carbons (Fsp3) is 0.150. The summed E-state index contributed by atoms with van der Waals surface area (Å²) in [4.78, 5) is 12.6. The molecule has 0 saturated carbocycles. The quantitative estimate of drug-likeness (QED) is 0.639. The molecule has 3 nitrogen and oxygen atoms in total. The highest BCUT2D eigenvalue weighted by Crippen LogP contribution is 2.22. The second-order valence-corrected chi connectivity index (χ2v) is 6.27. The van der Waals surface area contributed by atoms with E-state index in [-0.39, 0.29) is 17.4 Å². The van der Waals surface area contributed by atoms with Gasteiger partial charge >= 0.3 is 0 Å². The molecule has 0 radical (unpaired) electrons. The number of nitrogens with one attached hydrogen (secondary N) is 1. The summed E-state index contributed by atoms with van der Waals surface area (Å²) in [5.74, 6) is -0.513. The molecule has 0 bridgehead atoms. The van der Waals surface area contributed by atoms with Gasteiger partial charge < -0.3 is 9.88 Å². The summed E-state index contributed by atoms with van der Waals surface area (Å²) in [6.07, 6.45) is 0. The number of benzene rings is 2. The Labute approximate surface area is 151 Å². The molecule has 0 unspecified atom stereocenters. The van der Waals surface area contributed by atoms with Crippen molar-refractivity contribution >= 4 is 23.1 Å². The van der Waals surface area contributed by atoms with Crippen LogP contribution in [0.4, 0.5) is 10.1 Å². The van der Waals surface area contributed by atoms with E-state index in [1.807, 2.05) is 50.2 Å². The Kier molecular flexibility index (Phi) is 4.91. The lowest BCUT2D eigenvalue weighted by molar-refractivity contribution is 0.101. The molecule has 0 saturated heterocycles. The van der Waals surface area contributed by atoms with Crippen molar-refractivity contribution in [2.45, 2.75) is 13.8 Å². The van der Waals surface area contributed by atoms with Crippen molar-refractivity contribution in [1.29, 1.82) is 0 Å². The molecule has 0 fully saturated rings. The minimum atomic E-state index is -0.482. The highest BCUT2D eigenvalue weighted by Gasteiger charge is 2.16. The molecule has 2 aromatic carbocycles. The predicted molar refractivity (Wildman–Crippen MR) is 99.5 cm³/mol. The lowest BCUT2D eigenvalue weighted by Crippen LogP contribution is -2.15. The summed E-state index contributed by atoms with van der Waals surface area (Å²) in [5, 5.41) is 3.02. The number of para-hydroxylation sites is 1. The molecular formula is C20H18ClFN2O. The normalized spacial score (nSPS) is 10.7. The van der Waals surface area contributed by atoms with Gasteiger partial charge in [0.1, 0.15) is 5.82 Å². The van der Waals surface area contributed by atoms with Crippen LogP contribution in [-0.4, -0.2) is 16.9 Å². The molecule has 128 valence electrons. The lowest BCUT2D eigenvalue weighted by atomic mass is 10.1. The number of anilines is 1. The van der Waals surface area contributed by atoms with Crippen LogP contribution < -0.4 is 5.32 Å². The van der Waals surface area contributed by atoms with Gasteiger partial charge in [-0.1, -0.05) is 29.8 Å². The molecule has 1 N–H and O–H groups in total. The van der Waals surface area contributed by atoms with Crippen molar-refractivity contribution in [1.82, 2.24) is 4.57 Å². The zero-order chi connectivity index (χ0) is 18.0. The second kappa shape index (κ2) is 7.11. The maximum Gasteiger partial charge on any atom is 0.183 e. The predicted octanol–water partition coefficient (Wildman–Crippen LogP) is 5.18. The molecule has 0 spiro atoms. The molecular weight excluding hydrogens is 339 g/mol. The molecule has 5 heteroatoms. The SMILES string of the molecule is Cc1cc(C(=O)CNc2ccc(F)c(Cl)c2)c(C)n1-c1ccccc1. The van der Waals surface area contributed by atoms with Crippen LogP contribution in [0.1, 0.15) is 21.7 Å². The second-order valence-electron chi connectivity index (χ2n) is 5.86. The van der Waals surface area contributed by atoms with E-state index < -0.39 is 5.82 Å². The van der Waals surface area contributed by atoms with E-state index in [1.165, 1.54) is 12.1 Å². The lowest BCUT2D eigenvalue weighted by Gasteiger charge is -2.10. The summed E-state index contributed by atoms with van der Waals surface area (Å²) < 4.78 is 15.3. The molecule has 1 heterocycles. The van der Waals surface area contributed by atoms with E-state index in [0.717, 1.165) is 17.1 Å². The van der Waals surface area contributed by atoms with Crippen LogP contribution in [0.15, 0.2) is 54.6 Å².